The van der Waals surface area contributed by atoms with Crippen LogP contribution < -0.4 is 5.32 Å². The van der Waals surface area contributed by atoms with Crippen molar-refractivity contribution in [3.05, 3.63) is 42.2 Å². The molecule has 0 saturated carbocycles. The van der Waals surface area contributed by atoms with Gasteiger partial charge in [0, 0.05) is 36.2 Å². The third-order valence-electron chi connectivity index (χ3n) is 4.44. The number of benzene rings is 1. The van der Waals surface area contributed by atoms with Gasteiger partial charge in [-0.15, -0.1) is 0 Å². The number of anilines is 1. The number of nitrogens with zero attached hydrogens (tertiary/aromatic N) is 3. The molecule has 0 bridgehead atoms. The van der Waals surface area contributed by atoms with Gasteiger partial charge < -0.3 is 15.3 Å². The van der Waals surface area contributed by atoms with E-state index in [4.69, 9.17) is 0 Å². The minimum Gasteiger partial charge on any atom is -0.481 e. The number of carbonyl (C=O) groups excluding carboxylic acids is 1. The molecule has 0 aliphatic carbocycles. The summed E-state index contributed by atoms with van der Waals surface area (Å²) in [7, 11) is 0. The maximum atomic E-state index is 12.4. The SMILES string of the molecule is Cc1ccnc(-c2cccc(NC(=O)N3CCC(C)(C(=O)O)C3)c2)n1. The summed E-state index contributed by atoms with van der Waals surface area (Å²) in [6.45, 7) is 4.19. The Hall–Kier alpha value is -2.96. The number of amides is 2. The van der Waals surface area contributed by atoms with Gasteiger partial charge >= 0.3 is 12.0 Å². The normalized spacial score (nSPS) is 19.7. The predicted octanol–water partition coefficient (Wildman–Crippen LogP) is 2.78. The van der Waals surface area contributed by atoms with Gasteiger partial charge in [-0.1, -0.05) is 12.1 Å². The van der Waals surface area contributed by atoms with Crippen LogP contribution in [0.4, 0.5) is 10.5 Å². The van der Waals surface area contributed by atoms with Crippen molar-refractivity contribution >= 4 is 17.7 Å². The van der Waals surface area contributed by atoms with Crippen LogP contribution in [0.15, 0.2) is 36.5 Å². The van der Waals surface area contributed by atoms with E-state index in [0.29, 0.717) is 24.5 Å². The molecule has 3 rings (SSSR count). The summed E-state index contributed by atoms with van der Waals surface area (Å²) in [6.07, 6.45) is 2.15. The summed E-state index contributed by atoms with van der Waals surface area (Å²) >= 11 is 0. The Labute approximate surface area is 145 Å². The number of aromatic nitrogens is 2. The van der Waals surface area contributed by atoms with E-state index in [1.807, 2.05) is 25.1 Å². The van der Waals surface area contributed by atoms with E-state index in [1.54, 1.807) is 25.3 Å². The number of likely N-dealkylation sites (tertiary alicyclic amines) is 1. The number of aryl methyl sites for hydroxylation is 1. The lowest BCUT2D eigenvalue weighted by Crippen LogP contribution is -2.37. The summed E-state index contributed by atoms with van der Waals surface area (Å²) < 4.78 is 0. The van der Waals surface area contributed by atoms with Gasteiger partial charge in [-0.3, -0.25) is 4.79 Å². The first-order chi connectivity index (χ1) is 11.9. The van der Waals surface area contributed by atoms with E-state index in [2.05, 4.69) is 15.3 Å². The number of carboxylic acid groups (broad SMARTS) is 1. The van der Waals surface area contributed by atoms with Crippen LogP contribution in [0.5, 0.6) is 0 Å². The Balaban J connectivity index is 1.73. The Morgan fingerprint density at radius 1 is 1.32 bits per heavy atom. The highest BCUT2D eigenvalue weighted by atomic mass is 16.4. The number of aliphatic carboxylic acids is 1. The van der Waals surface area contributed by atoms with E-state index >= 15 is 0 Å². The number of rotatable bonds is 3. The van der Waals surface area contributed by atoms with Crippen LogP contribution in [0, 0.1) is 12.3 Å². The van der Waals surface area contributed by atoms with Gasteiger partial charge in [0.05, 0.1) is 5.41 Å². The molecular formula is C18H20N4O3. The number of carboxylic acids is 1. The van der Waals surface area contributed by atoms with Crippen LogP contribution in [-0.2, 0) is 4.79 Å². The lowest BCUT2D eigenvalue weighted by atomic mass is 9.90. The highest BCUT2D eigenvalue weighted by molar-refractivity contribution is 5.91. The van der Waals surface area contributed by atoms with Crippen LogP contribution in [-0.4, -0.2) is 45.1 Å². The van der Waals surface area contributed by atoms with Crippen molar-refractivity contribution in [3.63, 3.8) is 0 Å². The fourth-order valence-electron chi connectivity index (χ4n) is 2.84. The van der Waals surface area contributed by atoms with E-state index in [1.165, 1.54) is 4.90 Å². The molecule has 2 amide bonds. The third-order valence-corrected chi connectivity index (χ3v) is 4.44. The quantitative estimate of drug-likeness (QED) is 0.896. The first-order valence-corrected chi connectivity index (χ1v) is 8.07. The second-order valence-corrected chi connectivity index (χ2v) is 6.57. The summed E-state index contributed by atoms with van der Waals surface area (Å²) in [5, 5.41) is 12.1. The molecule has 1 aromatic carbocycles. The van der Waals surface area contributed by atoms with Crippen LogP contribution in [0.1, 0.15) is 19.0 Å². The summed E-state index contributed by atoms with van der Waals surface area (Å²) in [5.74, 6) is -0.280. The second-order valence-electron chi connectivity index (χ2n) is 6.57. The van der Waals surface area contributed by atoms with Crippen LogP contribution in [0.3, 0.4) is 0 Å². The topological polar surface area (TPSA) is 95.4 Å². The van der Waals surface area contributed by atoms with Crippen molar-refractivity contribution in [2.45, 2.75) is 20.3 Å². The molecule has 1 saturated heterocycles. The molecule has 1 atom stereocenters. The number of carbonyl (C=O) groups is 2. The lowest BCUT2D eigenvalue weighted by Gasteiger charge is -2.20. The molecule has 7 nitrogen and oxygen atoms in total. The molecule has 0 radical (unpaired) electrons. The van der Waals surface area contributed by atoms with Gasteiger partial charge in [-0.2, -0.15) is 0 Å². The Kier molecular flexibility index (Phi) is 4.39. The molecule has 1 fully saturated rings. The standard InChI is InChI=1S/C18H20N4O3/c1-12-6-8-19-15(20-12)13-4-3-5-14(10-13)21-17(25)22-9-7-18(2,11-22)16(23)24/h3-6,8,10H,7,9,11H2,1-2H3,(H,21,25)(H,23,24). The highest BCUT2D eigenvalue weighted by Crippen LogP contribution is 2.30. The first-order valence-electron chi connectivity index (χ1n) is 8.07. The smallest absolute Gasteiger partial charge is 0.321 e. The van der Waals surface area contributed by atoms with E-state index in [0.717, 1.165) is 11.3 Å². The van der Waals surface area contributed by atoms with Crippen molar-refractivity contribution < 1.29 is 14.7 Å². The zero-order chi connectivity index (χ0) is 18.0. The number of nitrogens with one attached hydrogen (secondary N) is 1. The molecule has 130 valence electrons. The minimum absolute atomic E-state index is 0.203. The average Bonchev–Trinajstić information content (AvgIpc) is 2.99. The summed E-state index contributed by atoms with van der Waals surface area (Å²) in [6, 6.07) is 8.81. The fraction of sp³-hybridized carbons (Fsp3) is 0.333. The van der Waals surface area contributed by atoms with E-state index in [-0.39, 0.29) is 12.6 Å². The van der Waals surface area contributed by atoms with Crippen LogP contribution in [0.25, 0.3) is 11.4 Å². The number of hydrogen-bond acceptors (Lipinski definition) is 4. The average molecular weight is 340 g/mol. The maximum Gasteiger partial charge on any atom is 0.321 e. The van der Waals surface area contributed by atoms with Crippen molar-refractivity contribution in [1.82, 2.24) is 14.9 Å². The first kappa shape index (κ1) is 16.9. The van der Waals surface area contributed by atoms with Crippen molar-refractivity contribution in [2.24, 2.45) is 5.41 Å². The molecule has 2 heterocycles. The van der Waals surface area contributed by atoms with E-state index < -0.39 is 11.4 Å². The zero-order valence-corrected chi connectivity index (χ0v) is 14.2. The minimum atomic E-state index is -0.880. The Morgan fingerprint density at radius 2 is 2.12 bits per heavy atom. The lowest BCUT2D eigenvalue weighted by molar-refractivity contribution is -0.146. The predicted molar refractivity (Wildman–Crippen MR) is 93.2 cm³/mol. The van der Waals surface area contributed by atoms with E-state index in [9.17, 15) is 14.7 Å². The van der Waals surface area contributed by atoms with Gasteiger partial charge in [0.25, 0.3) is 0 Å². The molecule has 1 aliphatic heterocycles. The molecular weight excluding hydrogens is 320 g/mol. The molecule has 1 unspecified atom stereocenters. The fourth-order valence-corrected chi connectivity index (χ4v) is 2.84. The highest BCUT2D eigenvalue weighted by Gasteiger charge is 2.42. The summed E-state index contributed by atoms with van der Waals surface area (Å²) in [5.41, 5.74) is 1.41. The largest absolute Gasteiger partial charge is 0.481 e. The van der Waals surface area contributed by atoms with Crippen LogP contribution in [0.2, 0.25) is 0 Å². The Morgan fingerprint density at radius 3 is 2.80 bits per heavy atom. The van der Waals surface area contributed by atoms with Crippen molar-refractivity contribution in [3.8, 4) is 11.4 Å². The number of hydrogen-bond donors (Lipinski definition) is 2. The maximum absolute atomic E-state index is 12.4. The monoisotopic (exact) mass is 340 g/mol. The molecule has 2 aromatic rings. The summed E-state index contributed by atoms with van der Waals surface area (Å²) in [4.78, 5) is 33.9. The Bertz CT molecular complexity index is 823. The number of urea groups is 1. The van der Waals surface area contributed by atoms with Gasteiger partial charge in [-0.05, 0) is 38.5 Å². The van der Waals surface area contributed by atoms with Gasteiger partial charge in [0.15, 0.2) is 5.82 Å². The van der Waals surface area contributed by atoms with Gasteiger partial charge in [0.2, 0.25) is 0 Å². The molecule has 1 aliphatic rings. The second kappa shape index (κ2) is 6.51. The van der Waals surface area contributed by atoms with Crippen LogP contribution >= 0.6 is 0 Å². The van der Waals surface area contributed by atoms with Gasteiger partial charge in [-0.25, -0.2) is 14.8 Å². The van der Waals surface area contributed by atoms with Gasteiger partial charge in [0.1, 0.15) is 0 Å². The third kappa shape index (κ3) is 3.60. The molecule has 2 N–H and O–H groups in total. The molecule has 25 heavy (non-hydrogen) atoms. The molecule has 0 spiro atoms. The molecule has 1 aromatic heterocycles. The zero-order valence-electron chi connectivity index (χ0n) is 14.2. The van der Waals surface area contributed by atoms with Crippen molar-refractivity contribution in [2.75, 3.05) is 18.4 Å². The van der Waals surface area contributed by atoms with Crippen molar-refractivity contribution in [1.29, 1.82) is 0 Å². The molecule has 7 heteroatoms.